The van der Waals surface area contributed by atoms with E-state index in [0.717, 1.165) is 5.56 Å². The molecular formula is C13H12N2O2. The smallest absolute Gasteiger partial charge is 0.281 e. The van der Waals surface area contributed by atoms with Crippen molar-refractivity contribution in [2.45, 2.75) is 6.54 Å². The van der Waals surface area contributed by atoms with Gasteiger partial charge in [-0.1, -0.05) is 42.5 Å². The molecule has 86 valence electrons. The van der Waals surface area contributed by atoms with E-state index in [0.29, 0.717) is 11.1 Å². The van der Waals surface area contributed by atoms with Crippen LogP contribution in [0.25, 0.3) is 11.1 Å². The van der Waals surface area contributed by atoms with Crippen molar-refractivity contribution >= 4 is 5.69 Å². The fourth-order valence-corrected chi connectivity index (χ4v) is 1.82. The van der Waals surface area contributed by atoms with Crippen molar-refractivity contribution in [3.8, 4) is 11.1 Å². The van der Waals surface area contributed by atoms with Crippen molar-refractivity contribution in [3.63, 3.8) is 0 Å². The van der Waals surface area contributed by atoms with E-state index in [1.807, 2.05) is 30.3 Å². The molecule has 0 fully saturated rings. The van der Waals surface area contributed by atoms with Gasteiger partial charge in [-0.15, -0.1) is 0 Å². The van der Waals surface area contributed by atoms with Crippen LogP contribution in [-0.2, 0) is 6.54 Å². The summed E-state index contributed by atoms with van der Waals surface area (Å²) in [6.45, 7) is 0.164. The third-order valence-corrected chi connectivity index (χ3v) is 2.61. The number of benzene rings is 2. The molecule has 0 atom stereocenters. The highest BCUT2D eigenvalue weighted by Gasteiger charge is 2.19. The monoisotopic (exact) mass is 228 g/mol. The second-order valence-electron chi connectivity index (χ2n) is 3.64. The van der Waals surface area contributed by atoms with Gasteiger partial charge in [0.05, 0.1) is 10.5 Å². The minimum absolute atomic E-state index is 0.0983. The average Bonchev–Trinajstić information content (AvgIpc) is 2.38. The molecule has 4 nitrogen and oxygen atoms in total. The molecule has 17 heavy (non-hydrogen) atoms. The van der Waals surface area contributed by atoms with E-state index in [-0.39, 0.29) is 17.2 Å². The Balaban J connectivity index is 2.66. The normalized spacial score (nSPS) is 10.2. The van der Waals surface area contributed by atoms with Gasteiger partial charge >= 0.3 is 0 Å². The average molecular weight is 228 g/mol. The van der Waals surface area contributed by atoms with Crippen LogP contribution in [0, 0.1) is 10.1 Å². The first-order chi connectivity index (χ1) is 8.24. The van der Waals surface area contributed by atoms with Crippen molar-refractivity contribution in [1.29, 1.82) is 0 Å². The van der Waals surface area contributed by atoms with Crippen LogP contribution in [0.2, 0.25) is 0 Å². The molecule has 0 aliphatic heterocycles. The van der Waals surface area contributed by atoms with Crippen LogP contribution in [0.1, 0.15) is 5.56 Å². The van der Waals surface area contributed by atoms with Crippen LogP contribution in [0.15, 0.2) is 48.5 Å². The molecule has 2 aromatic carbocycles. The lowest BCUT2D eigenvalue weighted by atomic mass is 10.0. The van der Waals surface area contributed by atoms with Gasteiger partial charge < -0.3 is 5.73 Å². The summed E-state index contributed by atoms with van der Waals surface area (Å²) in [6.07, 6.45) is 0. The van der Waals surface area contributed by atoms with Crippen molar-refractivity contribution < 1.29 is 4.92 Å². The maximum Gasteiger partial charge on any atom is 0.281 e. The van der Waals surface area contributed by atoms with Crippen molar-refractivity contribution in [2.75, 3.05) is 0 Å². The van der Waals surface area contributed by atoms with Crippen LogP contribution in [-0.4, -0.2) is 4.92 Å². The van der Waals surface area contributed by atoms with E-state index < -0.39 is 0 Å². The zero-order chi connectivity index (χ0) is 12.3. The topological polar surface area (TPSA) is 69.2 Å². The molecule has 0 amide bonds. The van der Waals surface area contributed by atoms with Gasteiger partial charge in [0.15, 0.2) is 0 Å². The maximum atomic E-state index is 11.1. The molecule has 0 heterocycles. The van der Waals surface area contributed by atoms with Crippen LogP contribution in [0.3, 0.4) is 0 Å². The molecule has 2 rings (SSSR count). The molecule has 4 heteroatoms. The number of para-hydroxylation sites is 1. The predicted molar refractivity (Wildman–Crippen MR) is 66.4 cm³/mol. The quantitative estimate of drug-likeness (QED) is 0.648. The Hall–Kier alpha value is -2.20. The number of nitrogens with two attached hydrogens (primary N) is 1. The largest absolute Gasteiger partial charge is 0.326 e. The van der Waals surface area contributed by atoms with E-state index in [1.54, 1.807) is 18.2 Å². The molecule has 0 saturated carbocycles. The van der Waals surface area contributed by atoms with E-state index in [1.165, 1.54) is 0 Å². The Morgan fingerprint density at radius 3 is 2.35 bits per heavy atom. The molecule has 0 aliphatic carbocycles. The number of nitrogens with zero attached hydrogens (tertiary/aromatic N) is 1. The SMILES string of the molecule is NCc1cccc(-c2ccccc2)c1[N+](=O)[O-]. The van der Waals surface area contributed by atoms with Crippen molar-refractivity contribution in [1.82, 2.24) is 0 Å². The summed E-state index contributed by atoms with van der Waals surface area (Å²) in [6, 6.07) is 14.5. The van der Waals surface area contributed by atoms with Crippen LogP contribution >= 0.6 is 0 Å². The predicted octanol–water partition coefficient (Wildman–Crippen LogP) is 2.72. The Labute approximate surface area is 98.8 Å². The van der Waals surface area contributed by atoms with Gasteiger partial charge in [0.2, 0.25) is 0 Å². The number of nitro benzene ring substituents is 1. The summed E-state index contributed by atoms with van der Waals surface area (Å²) in [5, 5.41) is 11.1. The van der Waals surface area contributed by atoms with Gasteiger partial charge in [0.25, 0.3) is 5.69 Å². The molecule has 0 radical (unpaired) electrons. The summed E-state index contributed by atoms with van der Waals surface area (Å²) in [5.41, 5.74) is 7.62. The Kier molecular flexibility index (Phi) is 3.16. The summed E-state index contributed by atoms with van der Waals surface area (Å²) < 4.78 is 0. The molecule has 0 unspecified atom stereocenters. The summed E-state index contributed by atoms with van der Waals surface area (Å²) in [4.78, 5) is 10.8. The second kappa shape index (κ2) is 4.76. The van der Waals surface area contributed by atoms with Crippen LogP contribution in [0.4, 0.5) is 5.69 Å². The van der Waals surface area contributed by atoms with Crippen LogP contribution < -0.4 is 5.73 Å². The van der Waals surface area contributed by atoms with E-state index in [4.69, 9.17) is 5.73 Å². The van der Waals surface area contributed by atoms with E-state index in [2.05, 4.69) is 0 Å². The van der Waals surface area contributed by atoms with Gasteiger partial charge in [0.1, 0.15) is 0 Å². The van der Waals surface area contributed by atoms with Gasteiger partial charge in [-0.3, -0.25) is 10.1 Å². The maximum absolute atomic E-state index is 11.1. The minimum atomic E-state index is -0.371. The Bertz CT molecular complexity index is 538. The van der Waals surface area contributed by atoms with Crippen molar-refractivity contribution in [3.05, 3.63) is 64.2 Å². The Morgan fingerprint density at radius 1 is 1.06 bits per heavy atom. The molecule has 0 bridgehead atoms. The first-order valence-corrected chi connectivity index (χ1v) is 5.26. The van der Waals surface area contributed by atoms with E-state index >= 15 is 0 Å². The van der Waals surface area contributed by atoms with Crippen molar-refractivity contribution in [2.24, 2.45) is 5.73 Å². The lowest BCUT2D eigenvalue weighted by Gasteiger charge is -2.06. The molecule has 0 saturated heterocycles. The fraction of sp³-hybridized carbons (Fsp3) is 0.0769. The molecule has 2 N–H and O–H groups in total. The highest BCUT2D eigenvalue weighted by Crippen LogP contribution is 2.32. The second-order valence-corrected chi connectivity index (χ2v) is 3.64. The number of hydrogen-bond acceptors (Lipinski definition) is 3. The fourth-order valence-electron chi connectivity index (χ4n) is 1.82. The van der Waals surface area contributed by atoms with Gasteiger partial charge in [-0.2, -0.15) is 0 Å². The highest BCUT2D eigenvalue weighted by atomic mass is 16.6. The third kappa shape index (κ3) is 2.16. The number of rotatable bonds is 3. The zero-order valence-corrected chi connectivity index (χ0v) is 9.17. The number of hydrogen-bond donors (Lipinski definition) is 1. The first-order valence-electron chi connectivity index (χ1n) is 5.26. The Morgan fingerprint density at radius 2 is 1.76 bits per heavy atom. The van der Waals surface area contributed by atoms with Gasteiger partial charge in [-0.05, 0) is 11.6 Å². The standard InChI is InChI=1S/C13H12N2O2/c14-9-11-7-4-8-12(13(11)15(16)17)10-5-2-1-3-6-10/h1-8H,9,14H2. The molecule has 0 spiro atoms. The molecule has 0 aromatic heterocycles. The summed E-state index contributed by atoms with van der Waals surface area (Å²) in [5.74, 6) is 0. The first kappa shape index (κ1) is 11.3. The van der Waals surface area contributed by atoms with E-state index in [9.17, 15) is 10.1 Å². The highest BCUT2D eigenvalue weighted by molar-refractivity contribution is 5.75. The van der Waals surface area contributed by atoms with Gasteiger partial charge in [-0.25, -0.2) is 0 Å². The minimum Gasteiger partial charge on any atom is -0.326 e. The lowest BCUT2D eigenvalue weighted by Crippen LogP contribution is -2.03. The van der Waals surface area contributed by atoms with Crippen LogP contribution in [0.5, 0.6) is 0 Å². The number of nitro groups is 1. The molecular weight excluding hydrogens is 216 g/mol. The molecule has 2 aromatic rings. The summed E-state index contributed by atoms with van der Waals surface area (Å²) >= 11 is 0. The van der Waals surface area contributed by atoms with Gasteiger partial charge in [0, 0.05) is 12.1 Å². The molecule has 0 aliphatic rings. The summed E-state index contributed by atoms with van der Waals surface area (Å²) in [7, 11) is 0. The third-order valence-electron chi connectivity index (χ3n) is 2.61. The zero-order valence-electron chi connectivity index (χ0n) is 9.17. The lowest BCUT2D eigenvalue weighted by molar-refractivity contribution is -0.384.